The molecule has 94 valence electrons. The molecule has 4 nitrogen and oxygen atoms in total. The number of likely N-dealkylation sites (tertiary alicyclic amines) is 1. The first-order chi connectivity index (χ1) is 8.76. The molecule has 1 saturated heterocycles. The second-order valence-corrected chi connectivity index (χ2v) is 4.57. The third-order valence-corrected chi connectivity index (χ3v) is 3.42. The third-order valence-electron chi connectivity index (χ3n) is 3.42. The fourth-order valence-electron chi connectivity index (χ4n) is 2.37. The zero-order valence-electron chi connectivity index (χ0n) is 10.3. The predicted octanol–water partition coefficient (Wildman–Crippen LogP) is 1.51. The molecule has 4 heteroatoms. The molecule has 1 heterocycles. The minimum absolute atomic E-state index is 0.0228. The van der Waals surface area contributed by atoms with Crippen LogP contribution < -0.4 is 5.73 Å². The van der Waals surface area contributed by atoms with E-state index in [0.717, 1.165) is 25.8 Å². The number of carbonyl (C=O) groups excluding carboxylic acids is 1. The van der Waals surface area contributed by atoms with Crippen molar-refractivity contribution in [3.63, 3.8) is 0 Å². The Bertz CT molecular complexity index is 461. The first kappa shape index (κ1) is 12.6. The van der Waals surface area contributed by atoms with Gasteiger partial charge in [0.15, 0.2) is 0 Å². The SMILES string of the molecule is N#Cc1ccc(C(=O)N2CCCCC2CN)cc1. The first-order valence-electron chi connectivity index (χ1n) is 6.27. The van der Waals surface area contributed by atoms with Crippen LogP contribution in [0.5, 0.6) is 0 Å². The second kappa shape index (κ2) is 5.65. The Morgan fingerprint density at radius 1 is 1.39 bits per heavy atom. The summed E-state index contributed by atoms with van der Waals surface area (Å²) >= 11 is 0. The quantitative estimate of drug-likeness (QED) is 0.856. The molecular formula is C14H17N3O. The van der Waals surface area contributed by atoms with Crippen molar-refractivity contribution >= 4 is 5.91 Å². The maximum Gasteiger partial charge on any atom is 0.254 e. The molecule has 18 heavy (non-hydrogen) atoms. The number of hydrogen-bond acceptors (Lipinski definition) is 3. The Hall–Kier alpha value is -1.86. The molecule has 0 aliphatic carbocycles. The summed E-state index contributed by atoms with van der Waals surface area (Å²) in [5, 5.41) is 8.73. The molecule has 1 unspecified atom stereocenters. The number of amides is 1. The number of benzene rings is 1. The van der Waals surface area contributed by atoms with Crippen molar-refractivity contribution in [2.75, 3.05) is 13.1 Å². The van der Waals surface area contributed by atoms with E-state index in [9.17, 15) is 4.79 Å². The molecule has 2 rings (SSSR count). The number of piperidine rings is 1. The van der Waals surface area contributed by atoms with E-state index >= 15 is 0 Å². The van der Waals surface area contributed by atoms with Gasteiger partial charge < -0.3 is 10.6 Å². The van der Waals surface area contributed by atoms with Crippen LogP contribution in [0.15, 0.2) is 24.3 Å². The lowest BCUT2D eigenvalue weighted by Gasteiger charge is -2.35. The van der Waals surface area contributed by atoms with Gasteiger partial charge in [-0.3, -0.25) is 4.79 Å². The maximum atomic E-state index is 12.4. The summed E-state index contributed by atoms with van der Waals surface area (Å²) < 4.78 is 0. The standard InChI is InChI=1S/C14H17N3O/c15-9-11-4-6-12(7-5-11)14(18)17-8-2-1-3-13(17)10-16/h4-7,13H,1-3,8,10,16H2. The predicted molar refractivity (Wildman–Crippen MR) is 68.9 cm³/mol. The van der Waals surface area contributed by atoms with Crippen molar-refractivity contribution in [3.8, 4) is 6.07 Å². The van der Waals surface area contributed by atoms with Crippen LogP contribution in [0.2, 0.25) is 0 Å². The normalized spacial score (nSPS) is 19.3. The van der Waals surface area contributed by atoms with E-state index in [1.165, 1.54) is 0 Å². The van der Waals surface area contributed by atoms with Gasteiger partial charge in [-0.05, 0) is 43.5 Å². The minimum Gasteiger partial charge on any atom is -0.334 e. The summed E-state index contributed by atoms with van der Waals surface area (Å²) in [5.74, 6) is 0.0228. The van der Waals surface area contributed by atoms with Gasteiger partial charge in [0.2, 0.25) is 0 Å². The Kier molecular flexibility index (Phi) is 3.96. The maximum absolute atomic E-state index is 12.4. The number of nitriles is 1. The van der Waals surface area contributed by atoms with Gasteiger partial charge in [0, 0.05) is 24.7 Å². The van der Waals surface area contributed by atoms with Crippen molar-refractivity contribution in [2.45, 2.75) is 25.3 Å². The number of hydrogen-bond donors (Lipinski definition) is 1. The zero-order valence-corrected chi connectivity index (χ0v) is 10.3. The van der Waals surface area contributed by atoms with Crippen LogP contribution in [0.1, 0.15) is 35.2 Å². The molecule has 1 aromatic rings. The van der Waals surface area contributed by atoms with Crippen molar-refractivity contribution in [2.24, 2.45) is 5.73 Å². The largest absolute Gasteiger partial charge is 0.334 e. The smallest absolute Gasteiger partial charge is 0.254 e. The van der Waals surface area contributed by atoms with E-state index < -0.39 is 0 Å². The first-order valence-corrected chi connectivity index (χ1v) is 6.27. The van der Waals surface area contributed by atoms with Crippen LogP contribution in [0.25, 0.3) is 0 Å². The highest BCUT2D eigenvalue weighted by molar-refractivity contribution is 5.94. The van der Waals surface area contributed by atoms with Gasteiger partial charge >= 0.3 is 0 Å². The molecule has 0 radical (unpaired) electrons. The van der Waals surface area contributed by atoms with Crippen LogP contribution in [-0.2, 0) is 0 Å². The highest BCUT2D eigenvalue weighted by Gasteiger charge is 2.26. The van der Waals surface area contributed by atoms with E-state index in [1.54, 1.807) is 24.3 Å². The van der Waals surface area contributed by atoms with Crippen molar-refractivity contribution in [1.82, 2.24) is 4.90 Å². The number of carbonyl (C=O) groups is 1. The van der Waals surface area contributed by atoms with E-state index in [4.69, 9.17) is 11.0 Å². The van der Waals surface area contributed by atoms with Gasteiger partial charge in [0.1, 0.15) is 0 Å². The minimum atomic E-state index is 0.0228. The van der Waals surface area contributed by atoms with E-state index in [0.29, 0.717) is 17.7 Å². The Balaban J connectivity index is 2.16. The van der Waals surface area contributed by atoms with Gasteiger partial charge in [-0.2, -0.15) is 5.26 Å². The monoisotopic (exact) mass is 243 g/mol. The van der Waals surface area contributed by atoms with Gasteiger partial charge in [-0.15, -0.1) is 0 Å². The van der Waals surface area contributed by atoms with Crippen LogP contribution in [0.3, 0.4) is 0 Å². The van der Waals surface area contributed by atoms with Crippen LogP contribution in [0.4, 0.5) is 0 Å². The van der Waals surface area contributed by atoms with Crippen molar-refractivity contribution < 1.29 is 4.79 Å². The van der Waals surface area contributed by atoms with Gasteiger partial charge in [-0.25, -0.2) is 0 Å². The van der Waals surface area contributed by atoms with Crippen LogP contribution >= 0.6 is 0 Å². The summed E-state index contributed by atoms with van der Waals surface area (Å²) in [7, 11) is 0. The molecule has 0 spiro atoms. The molecule has 0 aromatic heterocycles. The van der Waals surface area contributed by atoms with E-state index in [-0.39, 0.29) is 11.9 Å². The third kappa shape index (κ3) is 2.52. The second-order valence-electron chi connectivity index (χ2n) is 4.57. The summed E-state index contributed by atoms with van der Waals surface area (Å²) in [5.41, 5.74) is 6.92. The van der Waals surface area contributed by atoms with Gasteiger partial charge in [0.05, 0.1) is 11.6 Å². The molecule has 1 atom stereocenters. The van der Waals surface area contributed by atoms with Crippen molar-refractivity contribution in [1.29, 1.82) is 5.26 Å². The lowest BCUT2D eigenvalue weighted by atomic mass is 10.0. The molecule has 0 bridgehead atoms. The highest BCUT2D eigenvalue weighted by atomic mass is 16.2. The highest BCUT2D eigenvalue weighted by Crippen LogP contribution is 2.19. The topological polar surface area (TPSA) is 70.1 Å². The molecule has 1 fully saturated rings. The van der Waals surface area contributed by atoms with Gasteiger partial charge in [-0.1, -0.05) is 0 Å². The number of rotatable bonds is 2. The van der Waals surface area contributed by atoms with Crippen molar-refractivity contribution in [3.05, 3.63) is 35.4 Å². The summed E-state index contributed by atoms with van der Waals surface area (Å²) in [6, 6.07) is 8.98. The Morgan fingerprint density at radius 3 is 2.72 bits per heavy atom. The average Bonchev–Trinajstić information content (AvgIpc) is 2.46. The molecule has 0 saturated carbocycles. The lowest BCUT2D eigenvalue weighted by Crippen LogP contribution is -2.47. The molecule has 1 aliphatic heterocycles. The van der Waals surface area contributed by atoms with E-state index in [1.807, 2.05) is 11.0 Å². The Morgan fingerprint density at radius 2 is 2.11 bits per heavy atom. The molecule has 2 N–H and O–H groups in total. The van der Waals surface area contributed by atoms with Crippen LogP contribution in [0, 0.1) is 11.3 Å². The van der Waals surface area contributed by atoms with Gasteiger partial charge in [0.25, 0.3) is 5.91 Å². The number of nitrogens with zero attached hydrogens (tertiary/aromatic N) is 2. The Labute approximate surface area is 107 Å². The molecule has 1 amide bonds. The lowest BCUT2D eigenvalue weighted by molar-refractivity contribution is 0.0623. The number of nitrogens with two attached hydrogens (primary N) is 1. The zero-order chi connectivity index (χ0) is 13.0. The van der Waals surface area contributed by atoms with E-state index in [2.05, 4.69) is 0 Å². The fraction of sp³-hybridized carbons (Fsp3) is 0.429. The fourth-order valence-corrected chi connectivity index (χ4v) is 2.37. The van der Waals surface area contributed by atoms with Crippen LogP contribution in [-0.4, -0.2) is 29.9 Å². The average molecular weight is 243 g/mol. The molecule has 1 aliphatic rings. The summed E-state index contributed by atoms with van der Waals surface area (Å²) in [4.78, 5) is 14.2. The molecule has 1 aromatic carbocycles. The molecular weight excluding hydrogens is 226 g/mol. The summed E-state index contributed by atoms with van der Waals surface area (Å²) in [6.07, 6.45) is 3.16. The summed E-state index contributed by atoms with van der Waals surface area (Å²) in [6.45, 7) is 1.29.